The zero-order valence-electron chi connectivity index (χ0n) is 6.12. The van der Waals surface area contributed by atoms with Crippen molar-refractivity contribution < 1.29 is 9.59 Å². The maximum Gasteiger partial charge on any atom is 0.179 e. The number of hydrogen-bond donors (Lipinski definition) is 1. The number of Topliss-reactive ketones (excluding diaryl/α,β-unsaturated/α-hetero) is 1. The molecule has 1 atom stereocenters. The second-order valence-corrected chi connectivity index (χ2v) is 4.77. The number of rotatable bonds is 3. The predicted octanol–water partition coefficient (Wildman–Crippen LogP) is 0.489. The highest BCUT2D eigenvalue weighted by atomic mass is 32.2. The summed E-state index contributed by atoms with van der Waals surface area (Å²) in [5, 5.41) is 3.02. The molecule has 0 bridgehead atoms. The molecule has 1 saturated heterocycles. The van der Waals surface area contributed by atoms with Crippen molar-refractivity contribution >= 4 is 34.9 Å². The lowest BCUT2D eigenvalue weighted by Crippen LogP contribution is -2.40. The molecule has 0 radical (unpaired) electrons. The van der Waals surface area contributed by atoms with Crippen LogP contribution in [-0.4, -0.2) is 27.9 Å². The maximum absolute atomic E-state index is 11.1. The molecule has 11 heavy (non-hydrogen) atoms. The van der Waals surface area contributed by atoms with Gasteiger partial charge in [-0.1, -0.05) is 11.8 Å². The van der Waals surface area contributed by atoms with Gasteiger partial charge in [0.2, 0.25) is 0 Å². The molecule has 0 amide bonds. The summed E-state index contributed by atoms with van der Waals surface area (Å²) in [6.07, 6.45) is 0. The number of nitrogens with one attached hydrogen (secondary N) is 1. The van der Waals surface area contributed by atoms with Crippen LogP contribution in [0, 0.1) is 0 Å². The van der Waals surface area contributed by atoms with Gasteiger partial charge in [-0.25, -0.2) is 0 Å². The molecule has 0 saturated carbocycles. The van der Waals surface area contributed by atoms with E-state index in [1.165, 1.54) is 18.7 Å². The molecule has 0 aromatic heterocycles. The highest BCUT2D eigenvalue weighted by Gasteiger charge is 2.39. The molecule has 1 fully saturated rings. The summed E-state index contributed by atoms with van der Waals surface area (Å²) >= 11 is 2.51. The van der Waals surface area contributed by atoms with Gasteiger partial charge in [0.1, 0.15) is 0 Å². The molecule has 62 valence electrons. The fourth-order valence-electron chi connectivity index (χ4n) is 0.914. The van der Waals surface area contributed by atoms with Crippen LogP contribution in [0.2, 0.25) is 0 Å². The third kappa shape index (κ3) is 1.77. The monoisotopic (exact) mass is 191 g/mol. The smallest absolute Gasteiger partial charge is 0.179 e. The van der Waals surface area contributed by atoms with Crippen LogP contribution < -0.4 is 5.32 Å². The molecule has 0 aromatic rings. The van der Waals surface area contributed by atoms with Crippen LogP contribution in [0.1, 0.15) is 6.92 Å². The van der Waals surface area contributed by atoms with Crippen molar-refractivity contribution in [1.29, 1.82) is 0 Å². The Morgan fingerprint density at radius 3 is 2.91 bits per heavy atom. The Balaban J connectivity index is 2.69. The van der Waals surface area contributed by atoms with Crippen molar-refractivity contribution in [1.82, 2.24) is 5.32 Å². The van der Waals surface area contributed by atoms with E-state index in [9.17, 15) is 9.59 Å². The van der Waals surface area contributed by atoms with Crippen molar-refractivity contribution in [2.24, 2.45) is 0 Å². The van der Waals surface area contributed by atoms with Gasteiger partial charge in [0, 0.05) is 12.3 Å². The van der Waals surface area contributed by atoms with Crippen molar-refractivity contribution in [3.8, 4) is 0 Å². The molecule has 0 spiro atoms. The van der Waals surface area contributed by atoms with E-state index in [0.29, 0.717) is 5.62 Å². The normalized spacial score (nSPS) is 30.3. The quantitative estimate of drug-likeness (QED) is 0.658. The third-order valence-corrected chi connectivity index (χ3v) is 4.19. The number of ketones is 1. The average Bonchev–Trinajstić information content (AvgIpc) is 2.38. The molecule has 0 aliphatic carbocycles. The van der Waals surface area contributed by atoms with Gasteiger partial charge < -0.3 is 0 Å². The fraction of sp³-hybridized carbons (Fsp3) is 0.667. The van der Waals surface area contributed by atoms with E-state index in [4.69, 9.17) is 0 Å². The highest BCUT2D eigenvalue weighted by molar-refractivity contribution is 8.25. The first-order chi connectivity index (χ1) is 5.21. The molecule has 5 heteroatoms. The van der Waals surface area contributed by atoms with Crippen LogP contribution >= 0.6 is 23.5 Å². The molecule has 1 unspecified atom stereocenters. The summed E-state index contributed by atoms with van der Waals surface area (Å²) in [4.78, 5) is 21.3. The first-order valence-corrected chi connectivity index (χ1v) is 5.09. The summed E-state index contributed by atoms with van der Waals surface area (Å²) < 4.78 is -0.679. The Hall–Kier alpha value is -0.0000000000000000555. The molecule has 1 heterocycles. The van der Waals surface area contributed by atoms with E-state index in [2.05, 4.69) is 5.32 Å². The van der Waals surface area contributed by atoms with Crippen molar-refractivity contribution in [2.45, 2.75) is 11.1 Å². The van der Waals surface area contributed by atoms with Crippen molar-refractivity contribution in [3.05, 3.63) is 0 Å². The predicted molar refractivity (Wildman–Crippen MR) is 48.2 cm³/mol. The van der Waals surface area contributed by atoms with Crippen LogP contribution in [-0.2, 0) is 9.59 Å². The molecular weight excluding hydrogens is 182 g/mol. The van der Waals surface area contributed by atoms with Crippen LogP contribution in [0.5, 0.6) is 0 Å². The van der Waals surface area contributed by atoms with Gasteiger partial charge >= 0.3 is 0 Å². The van der Waals surface area contributed by atoms with Gasteiger partial charge in [0.25, 0.3) is 0 Å². The van der Waals surface area contributed by atoms with Gasteiger partial charge in [-0.15, -0.1) is 11.8 Å². The fourth-order valence-corrected chi connectivity index (χ4v) is 2.94. The summed E-state index contributed by atoms with van der Waals surface area (Å²) in [5.41, 5.74) is 0.715. The van der Waals surface area contributed by atoms with E-state index in [1.54, 1.807) is 0 Å². The average molecular weight is 191 g/mol. The maximum atomic E-state index is 11.1. The third-order valence-electron chi connectivity index (χ3n) is 1.44. The molecule has 1 aliphatic rings. The van der Waals surface area contributed by atoms with E-state index in [0.717, 1.165) is 24.1 Å². The van der Waals surface area contributed by atoms with E-state index < -0.39 is 4.20 Å². The Bertz CT molecular complexity index is 177. The standard InChI is InChI=1S/C6H9NO2S2/c1-5(9)6(11-4-8)7-2-3-10-6/h4,7H,2-3H2,1H3. The van der Waals surface area contributed by atoms with Gasteiger partial charge in [-0.2, -0.15) is 0 Å². The van der Waals surface area contributed by atoms with E-state index >= 15 is 0 Å². The highest BCUT2D eigenvalue weighted by Crippen LogP contribution is 2.37. The van der Waals surface area contributed by atoms with Crippen molar-refractivity contribution in [2.75, 3.05) is 12.3 Å². The number of carbonyl (C=O) groups excluding carboxylic acids is 2. The van der Waals surface area contributed by atoms with Gasteiger partial charge in [0.05, 0.1) is 0 Å². The minimum atomic E-state index is -0.679. The Morgan fingerprint density at radius 2 is 2.55 bits per heavy atom. The Kier molecular flexibility index (Phi) is 2.98. The lowest BCUT2D eigenvalue weighted by molar-refractivity contribution is -0.117. The van der Waals surface area contributed by atoms with Gasteiger partial charge in [0.15, 0.2) is 15.6 Å². The van der Waals surface area contributed by atoms with E-state index in [1.807, 2.05) is 0 Å². The zero-order chi connectivity index (χ0) is 8.32. The van der Waals surface area contributed by atoms with Crippen LogP contribution in [0.4, 0.5) is 0 Å². The second kappa shape index (κ2) is 3.60. The molecule has 1 N–H and O–H groups in total. The minimum absolute atomic E-state index is 0.0112. The summed E-state index contributed by atoms with van der Waals surface area (Å²) in [7, 11) is 0. The van der Waals surface area contributed by atoms with E-state index in [-0.39, 0.29) is 5.78 Å². The zero-order valence-corrected chi connectivity index (χ0v) is 7.76. The summed E-state index contributed by atoms with van der Waals surface area (Å²) in [6.45, 7) is 2.30. The molecule has 0 aromatic carbocycles. The second-order valence-electron chi connectivity index (χ2n) is 2.16. The lowest BCUT2D eigenvalue weighted by Gasteiger charge is -2.20. The first kappa shape index (κ1) is 9.09. The largest absolute Gasteiger partial charge is 0.296 e. The van der Waals surface area contributed by atoms with Crippen LogP contribution in [0.25, 0.3) is 0 Å². The van der Waals surface area contributed by atoms with Crippen LogP contribution in [0.15, 0.2) is 0 Å². The Labute approximate surface area is 73.7 Å². The van der Waals surface area contributed by atoms with Gasteiger partial charge in [-0.05, 0) is 6.92 Å². The number of carbonyl (C=O) groups is 2. The SMILES string of the molecule is CC(=O)C1(SC=O)NCCS1. The molecule has 1 rings (SSSR count). The topological polar surface area (TPSA) is 46.2 Å². The molecular formula is C6H9NO2S2. The summed E-state index contributed by atoms with van der Waals surface area (Å²) in [5.74, 6) is 0.901. The molecule has 3 nitrogen and oxygen atoms in total. The lowest BCUT2D eigenvalue weighted by atomic mass is 10.4. The first-order valence-electron chi connectivity index (χ1n) is 3.23. The van der Waals surface area contributed by atoms with Crippen molar-refractivity contribution in [3.63, 3.8) is 0 Å². The van der Waals surface area contributed by atoms with Gasteiger partial charge in [-0.3, -0.25) is 14.9 Å². The Morgan fingerprint density at radius 1 is 1.82 bits per heavy atom. The summed E-state index contributed by atoms with van der Waals surface area (Å²) in [6, 6.07) is 0. The number of thioether (sulfide) groups is 2. The number of hydrogen-bond acceptors (Lipinski definition) is 5. The minimum Gasteiger partial charge on any atom is -0.296 e. The van der Waals surface area contributed by atoms with Crippen LogP contribution in [0.3, 0.4) is 0 Å². The molecule has 1 aliphatic heterocycles.